The normalized spacial score (nSPS) is 12.5. The molecule has 0 aliphatic rings. The Labute approximate surface area is 120 Å². The van der Waals surface area contributed by atoms with Gasteiger partial charge in [-0.1, -0.05) is 37.3 Å². The largest absolute Gasteiger partial charge is 0.317 e. The van der Waals surface area contributed by atoms with Gasteiger partial charge in [0.1, 0.15) is 0 Å². The highest BCUT2D eigenvalue weighted by Crippen LogP contribution is 2.15. The van der Waals surface area contributed by atoms with Gasteiger partial charge < -0.3 is 5.32 Å². The Morgan fingerprint density at radius 1 is 1.20 bits per heavy atom. The Hall–Kier alpha value is -1.75. The number of nitrogens with one attached hydrogen (secondary N) is 1. The molecule has 1 aromatic heterocycles. The topological polar surface area (TPSA) is 55.6 Å². The Balaban J connectivity index is 1.85. The Morgan fingerprint density at radius 3 is 2.75 bits per heavy atom. The van der Waals surface area contributed by atoms with Gasteiger partial charge in [0.25, 0.3) is 0 Å². The highest BCUT2D eigenvalue weighted by atomic mass is 15.6. The molecule has 1 aromatic carbocycles. The summed E-state index contributed by atoms with van der Waals surface area (Å²) < 4.78 is 0. The maximum absolute atomic E-state index is 4.47. The fourth-order valence-electron chi connectivity index (χ4n) is 2.05. The van der Waals surface area contributed by atoms with Gasteiger partial charge in [-0.2, -0.15) is 4.80 Å². The van der Waals surface area contributed by atoms with Crippen molar-refractivity contribution in [2.24, 2.45) is 0 Å². The second-order valence-electron chi connectivity index (χ2n) is 5.04. The van der Waals surface area contributed by atoms with Crippen LogP contribution >= 0.6 is 0 Å². The van der Waals surface area contributed by atoms with E-state index in [4.69, 9.17) is 0 Å². The monoisotopic (exact) mass is 273 g/mol. The fraction of sp³-hybridized carbons (Fsp3) is 0.533. The average molecular weight is 273 g/mol. The predicted octanol–water partition coefficient (Wildman–Crippen LogP) is 2.68. The molecular formula is C15H23N5. The van der Waals surface area contributed by atoms with Crippen molar-refractivity contribution >= 4 is 0 Å². The van der Waals surface area contributed by atoms with Crippen LogP contribution in [0.2, 0.25) is 0 Å². The molecule has 1 N–H and O–H groups in total. The van der Waals surface area contributed by atoms with Crippen LogP contribution in [-0.4, -0.2) is 33.3 Å². The van der Waals surface area contributed by atoms with E-state index < -0.39 is 0 Å². The summed E-state index contributed by atoms with van der Waals surface area (Å²) in [6.45, 7) is 6.46. The second kappa shape index (κ2) is 7.75. The van der Waals surface area contributed by atoms with Crippen molar-refractivity contribution < 1.29 is 0 Å². The average Bonchev–Trinajstić information content (AvgIpc) is 2.98. The number of rotatable bonds is 8. The lowest BCUT2D eigenvalue weighted by molar-refractivity contribution is 0.388. The summed E-state index contributed by atoms with van der Waals surface area (Å²) in [6, 6.07) is 10.2. The number of aromatic nitrogens is 4. The first-order chi connectivity index (χ1) is 9.81. The predicted molar refractivity (Wildman–Crippen MR) is 80.4 cm³/mol. The Bertz CT molecular complexity index is 494. The van der Waals surface area contributed by atoms with E-state index in [1.54, 1.807) is 4.80 Å². The lowest BCUT2D eigenvalue weighted by atomic mass is 10.2. The van der Waals surface area contributed by atoms with Gasteiger partial charge in [0.2, 0.25) is 5.82 Å². The molecule has 0 aliphatic carbocycles. The second-order valence-corrected chi connectivity index (χ2v) is 5.04. The third-order valence-corrected chi connectivity index (χ3v) is 3.26. The molecule has 0 fully saturated rings. The molecule has 1 atom stereocenters. The summed E-state index contributed by atoms with van der Waals surface area (Å²) in [4.78, 5) is 1.72. The van der Waals surface area contributed by atoms with Gasteiger partial charge in [-0.05, 0) is 44.5 Å². The van der Waals surface area contributed by atoms with Gasteiger partial charge in [-0.25, -0.2) is 0 Å². The lowest BCUT2D eigenvalue weighted by Crippen LogP contribution is -2.17. The minimum absolute atomic E-state index is 0.281. The molecule has 2 aromatic rings. The molecule has 0 amide bonds. The summed E-state index contributed by atoms with van der Waals surface area (Å²) in [5.41, 5.74) is 1.01. The first-order valence-electron chi connectivity index (χ1n) is 7.37. The number of hydrogen-bond donors (Lipinski definition) is 1. The van der Waals surface area contributed by atoms with Crippen molar-refractivity contribution in [2.75, 3.05) is 13.1 Å². The molecule has 1 unspecified atom stereocenters. The van der Waals surface area contributed by atoms with E-state index in [-0.39, 0.29) is 6.04 Å². The number of nitrogens with zero attached hydrogens (tertiary/aromatic N) is 4. The SMILES string of the molecule is CCCNCCCC(C)n1nnc(-c2ccccc2)n1. The highest BCUT2D eigenvalue weighted by Gasteiger charge is 2.10. The van der Waals surface area contributed by atoms with Gasteiger partial charge in [-0.15, -0.1) is 10.2 Å². The molecule has 0 saturated carbocycles. The van der Waals surface area contributed by atoms with Crippen LogP contribution in [0.25, 0.3) is 11.4 Å². The van der Waals surface area contributed by atoms with E-state index in [2.05, 4.69) is 34.6 Å². The van der Waals surface area contributed by atoms with Crippen LogP contribution in [0.15, 0.2) is 30.3 Å². The van der Waals surface area contributed by atoms with Crippen molar-refractivity contribution in [1.82, 2.24) is 25.5 Å². The van der Waals surface area contributed by atoms with Crippen LogP contribution in [0.1, 0.15) is 39.2 Å². The van der Waals surface area contributed by atoms with Crippen molar-refractivity contribution in [3.05, 3.63) is 30.3 Å². The van der Waals surface area contributed by atoms with Gasteiger partial charge >= 0.3 is 0 Å². The molecule has 1 heterocycles. The molecule has 0 bridgehead atoms. The van der Waals surface area contributed by atoms with E-state index in [0.717, 1.165) is 31.5 Å². The molecule has 0 spiro atoms. The minimum Gasteiger partial charge on any atom is -0.317 e. The van der Waals surface area contributed by atoms with E-state index in [9.17, 15) is 0 Å². The summed E-state index contributed by atoms with van der Waals surface area (Å²) in [5, 5.41) is 16.2. The standard InChI is InChI=1S/C15H23N5/c1-3-11-16-12-7-8-13(2)20-18-15(17-19-20)14-9-5-4-6-10-14/h4-6,9-10,13,16H,3,7-8,11-12H2,1-2H3. The molecule has 5 heteroatoms. The number of tetrazole rings is 1. The summed E-state index contributed by atoms with van der Waals surface area (Å²) in [7, 11) is 0. The van der Waals surface area contributed by atoms with Crippen molar-refractivity contribution in [1.29, 1.82) is 0 Å². The van der Waals surface area contributed by atoms with Crippen LogP contribution in [-0.2, 0) is 0 Å². The third-order valence-electron chi connectivity index (χ3n) is 3.26. The maximum Gasteiger partial charge on any atom is 0.204 e. The first kappa shape index (κ1) is 14.7. The molecular weight excluding hydrogens is 250 g/mol. The molecule has 0 aliphatic heterocycles. The quantitative estimate of drug-likeness (QED) is 0.751. The Morgan fingerprint density at radius 2 is 2.00 bits per heavy atom. The van der Waals surface area contributed by atoms with Crippen LogP contribution < -0.4 is 5.32 Å². The molecule has 0 radical (unpaired) electrons. The van der Waals surface area contributed by atoms with Crippen LogP contribution in [0.5, 0.6) is 0 Å². The first-order valence-corrected chi connectivity index (χ1v) is 7.37. The van der Waals surface area contributed by atoms with Crippen LogP contribution in [0.3, 0.4) is 0 Å². The van der Waals surface area contributed by atoms with Crippen molar-refractivity contribution in [2.45, 2.75) is 39.2 Å². The minimum atomic E-state index is 0.281. The summed E-state index contributed by atoms with van der Waals surface area (Å²) in [5.74, 6) is 0.696. The van der Waals surface area contributed by atoms with Crippen molar-refractivity contribution in [3.63, 3.8) is 0 Å². The van der Waals surface area contributed by atoms with E-state index >= 15 is 0 Å². The van der Waals surface area contributed by atoms with Gasteiger partial charge in [0.05, 0.1) is 6.04 Å². The Kier molecular flexibility index (Phi) is 5.68. The number of benzene rings is 1. The zero-order chi connectivity index (χ0) is 14.2. The molecule has 5 nitrogen and oxygen atoms in total. The third kappa shape index (κ3) is 4.13. The van der Waals surface area contributed by atoms with Crippen LogP contribution in [0.4, 0.5) is 0 Å². The summed E-state index contributed by atoms with van der Waals surface area (Å²) in [6.07, 6.45) is 3.37. The zero-order valence-corrected chi connectivity index (χ0v) is 12.3. The van der Waals surface area contributed by atoms with E-state index in [0.29, 0.717) is 5.82 Å². The summed E-state index contributed by atoms with van der Waals surface area (Å²) >= 11 is 0. The van der Waals surface area contributed by atoms with Gasteiger partial charge in [0.15, 0.2) is 0 Å². The highest BCUT2D eigenvalue weighted by molar-refractivity contribution is 5.52. The molecule has 20 heavy (non-hydrogen) atoms. The maximum atomic E-state index is 4.47. The van der Waals surface area contributed by atoms with Gasteiger partial charge in [0, 0.05) is 5.56 Å². The van der Waals surface area contributed by atoms with Crippen molar-refractivity contribution in [3.8, 4) is 11.4 Å². The zero-order valence-electron chi connectivity index (χ0n) is 12.3. The molecule has 0 saturated heterocycles. The van der Waals surface area contributed by atoms with Gasteiger partial charge in [-0.3, -0.25) is 0 Å². The molecule has 108 valence electrons. The fourth-order valence-corrected chi connectivity index (χ4v) is 2.05. The van der Waals surface area contributed by atoms with E-state index in [1.807, 2.05) is 30.3 Å². The van der Waals surface area contributed by atoms with Crippen LogP contribution in [0, 0.1) is 0 Å². The van der Waals surface area contributed by atoms with E-state index in [1.165, 1.54) is 6.42 Å². The smallest absolute Gasteiger partial charge is 0.204 e. The lowest BCUT2D eigenvalue weighted by Gasteiger charge is -2.09. The number of hydrogen-bond acceptors (Lipinski definition) is 4. The molecule has 2 rings (SSSR count).